The van der Waals surface area contributed by atoms with Gasteiger partial charge in [-0.15, -0.1) is 0 Å². The number of aromatic amines is 1. The van der Waals surface area contributed by atoms with Gasteiger partial charge in [0.15, 0.2) is 5.82 Å². The number of nitrogens with one attached hydrogen (secondary N) is 1. The summed E-state index contributed by atoms with van der Waals surface area (Å²) < 4.78 is 1.01. The molecule has 0 saturated heterocycles. The quantitative estimate of drug-likeness (QED) is 0.733. The topological polar surface area (TPSA) is 54.7 Å². The molecule has 0 bridgehead atoms. The summed E-state index contributed by atoms with van der Waals surface area (Å²) in [5, 5.41) is 7.20. The Bertz CT molecular complexity index is 745. The second-order valence-corrected chi connectivity index (χ2v) is 5.56. The average Bonchev–Trinajstić information content (AvgIpc) is 2.82. The van der Waals surface area contributed by atoms with Crippen LogP contribution in [0.4, 0.5) is 5.82 Å². The number of aromatic nitrogens is 2. The molecule has 100 valence electrons. The minimum absolute atomic E-state index is 0.514. The number of rotatable bonds is 2. The molecule has 3 N–H and O–H groups in total. The first-order valence-corrected chi connectivity index (χ1v) is 7.12. The molecule has 3 nitrogen and oxygen atoms in total. The predicted molar refractivity (Wildman–Crippen MR) is 86.3 cm³/mol. The number of H-pyrrole nitrogens is 1. The fourth-order valence-corrected chi connectivity index (χ4v) is 2.71. The summed E-state index contributed by atoms with van der Waals surface area (Å²) in [5.41, 5.74) is 11.2. The van der Waals surface area contributed by atoms with E-state index in [4.69, 9.17) is 5.73 Å². The van der Waals surface area contributed by atoms with Crippen molar-refractivity contribution in [2.24, 2.45) is 0 Å². The maximum Gasteiger partial charge on any atom is 0.153 e. The summed E-state index contributed by atoms with van der Waals surface area (Å²) in [7, 11) is 0. The van der Waals surface area contributed by atoms with Gasteiger partial charge in [0.1, 0.15) is 0 Å². The van der Waals surface area contributed by atoms with E-state index in [-0.39, 0.29) is 0 Å². The zero-order valence-corrected chi connectivity index (χ0v) is 12.6. The maximum atomic E-state index is 6.04. The molecule has 0 spiro atoms. The van der Waals surface area contributed by atoms with Crippen LogP contribution in [-0.2, 0) is 0 Å². The Morgan fingerprint density at radius 3 is 2.45 bits per heavy atom. The second kappa shape index (κ2) is 5.13. The SMILES string of the molecule is Cc1ccc(-c2c(N)n[nH]c2-c2ccccc2Br)cc1. The molecule has 0 atom stereocenters. The van der Waals surface area contributed by atoms with Crippen molar-refractivity contribution in [3.8, 4) is 22.4 Å². The highest BCUT2D eigenvalue weighted by molar-refractivity contribution is 9.10. The molecule has 0 unspecified atom stereocenters. The summed E-state index contributed by atoms with van der Waals surface area (Å²) in [4.78, 5) is 0. The molecule has 0 radical (unpaired) electrons. The van der Waals surface area contributed by atoms with Crippen LogP contribution in [0.15, 0.2) is 53.0 Å². The number of aryl methyl sites for hydroxylation is 1. The molecule has 0 saturated carbocycles. The molecule has 20 heavy (non-hydrogen) atoms. The number of hydrogen-bond acceptors (Lipinski definition) is 2. The van der Waals surface area contributed by atoms with Crippen molar-refractivity contribution >= 4 is 21.7 Å². The fraction of sp³-hybridized carbons (Fsp3) is 0.0625. The molecule has 2 aromatic carbocycles. The molecular formula is C16H14BrN3. The molecule has 1 aromatic heterocycles. The van der Waals surface area contributed by atoms with Gasteiger partial charge in [0.2, 0.25) is 0 Å². The van der Waals surface area contributed by atoms with Gasteiger partial charge in [0, 0.05) is 10.0 Å². The highest BCUT2D eigenvalue weighted by Gasteiger charge is 2.16. The summed E-state index contributed by atoms with van der Waals surface area (Å²) >= 11 is 3.57. The number of benzene rings is 2. The van der Waals surface area contributed by atoms with Crippen LogP contribution < -0.4 is 5.73 Å². The van der Waals surface area contributed by atoms with E-state index in [0.717, 1.165) is 26.9 Å². The van der Waals surface area contributed by atoms with Crippen molar-refractivity contribution in [3.05, 3.63) is 58.6 Å². The Morgan fingerprint density at radius 2 is 1.75 bits per heavy atom. The second-order valence-electron chi connectivity index (χ2n) is 4.70. The smallest absolute Gasteiger partial charge is 0.153 e. The lowest BCUT2D eigenvalue weighted by Crippen LogP contribution is -1.89. The van der Waals surface area contributed by atoms with Crippen molar-refractivity contribution in [2.75, 3.05) is 5.73 Å². The number of halogens is 1. The van der Waals surface area contributed by atoms with Gasteiger partial charge in [-0.3, -0.25) is 5.10 Å². The number of nitrogens with zero attached hydrogens (tertiary/aromatic N) is 1. The van der Waals surface area contributed by atoms with Crippen LogP contribution in [0.1, 0.15) is 5.56 Å². The van der Waals surface area contributed by atoms with Gasteiger partial charge in [-0.2, -0.15) is 5.10 Å². The van der Waals surface area contributed by atoms with Gasteiger partial charge >= 0.3 is 0 Å². The summed E-state index contributed by atoms with van der Waals surface area (Å²) in [6.45, 7) is 2.07. The van der Waals surface area contributed by atoms with Crippen molar-refractivity contribution in [1.82, 2.24) is 10.2 Å². The molecule has 0 aliphatic heterocycles. The Morgan fingerprint density at radius 1 is 1.05 bits per heavy atom. The Kier molecular flexibility index (Phi) is 3.32. The lowest BCUT2D eigenvalue weighted by atomic mass is 10.00. The van der Waals surface area contributed by atoms with Crippen LogP contribution in [0.3, 0.4) is 0 Å². The van der Waals surface area contributed by atoms with Crippen molar-refractivity contribution in [2.45, 2.75) is 6.92 Å². The highest BCUT2D eigenvalue weighted by Crippen LogP contribution is 2.37. The monoisotopic (exact) mass is 327 g/mol. The molecule has 0 aliphatic rings. The largest absolute Gasteiger partial charge is 0.382 e. The summed E-state index contributed by atoms with van der Waals surface area (Å²) in [6.07, 6.45) is 0. The van der Waals surface area contributed by atoms with E-state index in [2.05, 4.69) is 57.3 Å². The lowest BCUT2D eigenvalue weighted by molar-refractivity contribution is 1.10. The van der Waals surface area contributed by atoms with Crippen molar-refractivity contribution < 1.29 is 0 Å². The van der Waals surface area contributed by atoms with Crippen LogP contribution >= 0.6 is 15.9 Å². The maximum absolute atomic E-state index is 6.04. The highest BCUT2D eigenvalue weighted by atomic mass is 79.9. The third-order valence-corrected chi connectivity index (χ3v) is 3.97. The van der Waals surface area contributed by atoms with Crippen LogP contribution in [0.2, 0.25) is 0 Å². The number of nitrogen functional groups attached to an aromatic ring is 1. The molecule has 4 heteroatoms. The standard InChI is InChI=1S/C16H14BrN3/c1-10-6-8-11(9-7-10)14-15(19-20-16(14)18)12-4-2-3-5-13(12)17/h2-9H,1H3,(H3,18,19,20). The van der Waals surface area contributed by atoms with E-state index in [1.807, 2.05) is 24.3 Å². The molecule has 0 fully saturated rings. The van der Waals surface area contributed by atoms with E-state index < -0.39 is 0 Å². The van der Waals surface area contributed by atoms with Crippen LogP contribution in [-0.4, -0.2) is 10.2 Å². The van der Waals surface area contributed by atoms with Gasteiger partial charge in [-0.25, -0.2) is 0 Å². The van der Waals surface area contributed by atoms with E-state index >= 15 is 0 Å². The number of anilines is 1. The molecule has 3 aromatic rings. The third kappa shape index (κ3) is 2.23. The Labute approximate surface area is 126 Å². The van der Waals surface area contributed by atoms with Crippen LogP contribution in [0, 0.1) is 6.92 Å². The normalized spacial score (nSPS) is 10.7. The Balaban J connectivity index is 2.20. The summed E-state index contributed by atoms with van der Waals surface area (Å²) in [5.74, 6) is 0.514. The van der Waals surface area contributed by atoms with Gasteiger partial charge in [-0.05, 0) is 18.6 Å². The van der Waals surface area contributed by atoms with Gasteiger partial charge in [0.25, 0.3) is 0 Å². The van der Waals surface area contributed by atoms with Gasteiger partial charge in [0.05, 0.1) is 11.3 Å². The van der Waals surface area contributed by atoms with Crippen molar-refractivity contribution in [1.29, 1.82) is 0 Å². The first-order valence-electron chi connectivity index (χ1n) is 6.32. The van der Waals surface area contributed by atoms with E-state index in [0.29, 0.717) is 5.82 Å². The van der Waals surface area contributed by atoms with Gasteiger partial charge < -0.3 is 5.73 Å². The zero-order chi connectivity index (χ0) is 14.1. The average molecular weight is 328 g/mol. The Hall–Kier alpha value is -2.07. The minimum Gasteiger partial charge on any atom is -0.382 e. The molecular weight excluding hydrogens is 314 g/mol. The molecule has 3 rings (SSSR count). The third-order valence-electron chi connectivity index (χ3n) is 3.28. The van der Waals surface area contributed by atoms with E-state index in [1.165, 1.54) is 5.56 Å². The lowest BCUT2D eigenvalue weighted by Gasteiger charge is -2.07. The zero-order valence-electron chi connectivity index (χ0n) is 11.0. The molecule has 1 heterocycles. The minimum atomic E-state index is 0.514. The van der Waals surface area contributed by atoms with Crippen LogP contribution in [0.25, 0.3) is 22.4 Å². The van der Waals surface area contributed by atoms with E-state index in [9.17, 15) is 0 Å². The number of nitrogens with two attached hydrogens (primary N) is 1. The predicted octanol–water partition coefficient (Wildman–Crippen LogP) is 4.40. The van der Waals surface area contributed by atoms with E-state index in [1.54, 1.807) is 0 Å². The number of hydrogen-bond donors (Lipinski definition) is 2. The molecule has 0 aliphatic carbocycles. The summed E-state index contributed by atoms with van der Waals surface area (Å²) in [6, 6.07) is 16.3. The van der Waals surface area contributed by atoms with Gasteiger partial charge in [-0.1, -0.05) is 64.0 Å². The first kappa shape index (κ1) is 12.9. The van der Waals surface area contributed by atoms with Crippen LogP contribution in [0.5, 0.6) is 0 Å². The first-order chi connectivity index (χ1) is 9.66. The molecule has 0 amide bonds. The fourth-order valence-electron chi connectivity index (χ4n) is 2.23. The van der Waals surface area contributed by atoms with Crippen molar-refractivity contribution in [3.63, 3.8) is 0 Å².